The number of benzene rings is 2. The van der Waals surface area contributed by atoms with E-state index in [9.17, 15) is 13.6 Å². The van der Waals surface area contributed by atoms with Crippen LogP contribution < -0.4 is 4.74 Å². The van der Waals surface area contributed by atoms with Gasteiger partial charge in [0.05, 0.1) is 16.8 Å². The number of carbonyl (C=O) groups is 1. The lowest BCUT2D eigenvalue weighted by Crippen LogP contribution is -2.27. The smallest absolute Gasteiger partial charge is 0.387 e. The number of imidazole rings is 1. The van der Waals surface area contributed by atoms with Gasteiger partial charge in [-0.3, -0.25) is 4.79 Å². The number of aromatic nitrogens is 2. The van der Waals surface area contributed by atoms with Gasteiger partial charge in [0, 0.05) is 13.6 Å². The number of hydrogen-bond donors (Lipinski definition) is 1. The van der Waals surface area contributed by atoms with Crippen LogP contribution in [0, 0.1) is 6.92 Å². The lowest BCUT2D eigenvalue weighted by Gasteiger charge is -2.17. The maximum atomic E-state index is 12.3. The first-order valence-corrected chi connectivity index (χ1v) is 9.26. The Balaban J connectivity index is 1.53. The molecule has 0 spiro atoms. The standard InChI is InChI=1S/C19H19F2N3O2S/c1-12-3-8-15-16(9-12)23-19(22-15)27-11-17(25)24(2)10-13-4-6-14(7-5-13)26-18(20)21/h3-9,18H,10-11H2,1-2H3,(H,22,23). The minimum absolute atomic E-state index is 0.0513. The summed E-state index contributed by atoms with van der Waals surface area (Å²) in [6.07, 6.45) is 0. The number of ether oxygens (including phenoxy) is 1. The second-order valence-electron chi connectivity index (χ2n) is 6.12. The van der Waals surface area contributed by atoms with E-state index in [1.165, 1.54) is 23.9 Å². The van der Waals surface area contributed by atoms with E-state index in [0.29, 0.717) is 11.7 Å². The van der Waals surface area contributed by atoms with Crippen molar-refractivity contribution >= 4 is 28.7 Å². The number of nitrogens with one attached hydrogen (secondary N) is 1. The van der Waals surface area contributed by atoms with E-state index in [2.05, 4.69) is 14.7 Å². The predicted octanol–water partition coefficient (Wildman–Crippen LogP) is 4.22. The zero-order valence-corrected chi connectivity index (χ0v) is 15.7. The third-order valence-electron chi connectivity index (χ3n) is 3.94. The van der Waals surface area contributed by atoms with Gasteiger partial charge in [0.1, 0.15) is 5.75 Å². The minimum atomic E-state index is -2.85. The van der Waals surface area contributed by atoms with Gasteiger partial charge in [-0.25, -0.2) is 4.98 Å². The van der Waals surface area contributed by atoms with Crippen molar-refractivity contribution in [2.75, 3.05) is 12.8 Å². The van der Waals surface area contributed by atoms with Crippen LogP contribution in [0.25, 0.3) is 11.0 Å². The number of fused-ring (bicyclic) bond motifs is 1. The number of alkyl halides is 2. The second kappa shape index (κ2) is 8.39. The van der Waals surface area contributed by atoms with Crippen molar-refractivity contribution in [2.24, 2.45) is 0 Å². The van der Waals surface area contributed by atoms with Crippen molar-refractivity contribution in [1.29, 1.82) is 0 Å². The van der Waals surface area contributed by atoms with Gasteiger partial charge < -0.3 is 14.6 Å². The highest BCUT2D eigenvalue weighted by atomic mass is 32.2. The summed E-state index contributed by atoms with van der Waals surface area (Å²) in [5.74, 6) is 0.296. The molecule has 1 N–H and O–H groups in total. The highest BCUT2D eigenvalue weighted by Crippen LogP contribution is 2.21. The molecule has 0 aliphatic heterocycles. The Morgan fingerprint density at radius 1 is 1.26 bits per heavy atom. The van der Waals surface area contributed by atoms with E-state index in [-0.39, 0.29) is 17.4 Å². The Morgan fingerprint density at radius 3 is 2.70 bits per heavy atom. The predicted molar refractivity (Wildman–Crippen MR) is 101 cm³/mol. The molecule has 0 atom stereocenters. The topological polar surface area (TPSA) is 58.2 Å². The fourth-order valence-electron chi connectivity index (χ4n) is 2.55. The fraction of sp³-hybridized carbons (Fsp3) is 0.263. The summed E-state index contributed by atoms with van der Waals surface area (Å²) in [6.45, 7) is -0.454. The molecule has 0 unspecified atom stereocenters. The van der Waals surface area contributed by atoms with Crippen molar-refractivity contribution in [3.05, 3.63) is 53.6 Å². The summed E-state index contributed by atoms with van der Waals surface area (Å²) in [5.41, 5.74) is 3.79. The lowest BCUT2D eigenvalue weighted by atomic mass is 10.2. The first-order valence-electron chi connectivity index (χ1n) is 8.27. The molecule has 0 saturated carbocycles. The number of aromatic amines is 1. The van der Waals surface area contributed by atoms with Gasteiger partial charge in [-0.1, -0.05) is 30.0 Å². The third-order valence-corrected chi connectivity index (χ3v) is 4.80. The van der Waals surface area contributed by atoms with Gasteiger partial charge in [0.15, 0.2) is 5.16 Å². The van der Waals surface area contributed by atoms with E-state index in [0.717, 1.165) is 22.2 Å². The summed E-state index contributed by atoms with van der Waals surface area (Å²) in [7, 11) is 1.70. The maximum Gasteiger partial charge on any atom is 0.387 e. The van der Waals surface area contributed by atoms with Crippen molar-refractivity contribution in [1.82, 2.24) is 14.9 Å². The number of hydrogen-bond acceptors (Lipinski definition) is 4. The Morgan fingerprint density at radius 2 is 2.00 bits per heavy atom. The molecule has 1 aromatic heterocycles. The number of H-pyrrole nitrogens is 1. The van der Waals surface area contributed by atoms with Gasteiger partial charge in [-0.15, -0.1) is 0 Å². The van der Waals surface area contributed by atoms with Crippen LogP contribution in [0.15, 0.2) is 47.6 Å². The van der Waals surface area contributed by atoms with E-state index >= 15 is 0 Å². The summed E-state index contributed by atoms with van der Waals surface area (Å²) in [4.78, 5) is 21.6. The van der Waals surface area contributed by atoms with Gasteiger partial charge >= 0.3 is 6.61 Å². The summed E-state index contributed by atoms with van der Waals surface area (Å²) >= 11 is 1.35. The Bertz CT molecular complexity index is 928. The molecule has 3 rings (SSSR count). The second-order valence-corrected chi connectivity index (χ2v) is 7.09. The number of rotatable bonds is 7. The summed E-state index contributed by atoms with van der Waals surface area (Å²) in [6, 6.07) is 12.2. The van der Waals surface area contributed by atoms with Gasteiger partial charge in [-0.05, 0) is 42.3 Å². The SMILES string of the molecule is Cc1ccc2nc(SCC(=O)N(C)Cc3ccc(OC(F)F)cc3)[nH]c2c1. The zero-order valence-electron chi connectivity index (χ0n) is 14.9. The quantitative estimate of drug-likeness (QED) is 0.613. The molecule has 0 bridgehead atoms. The first kappa shape index (κ1) is 19.2. The lowest BCUT2D eigenvalue weighted by molar-refractivity contribution is -0.127. The van der Waals surface area contributed by atoms with Crippen LogP contribution in [-0.4, -0.2) is 40.2 Å². The molecule has 0 fully saturated rings. The van der Waals surface area contributed by atoms with Gasteiger partial charge in [0.25, 0.3) is 0 Å². The van der Waals surface area contributed by atoms with Crippen LogP contribution in [0.3, 0.4) is 0 Å². The van der Waals surface area contributed by atoms with Crippen LogP contribution in [0.1, 0.15) is 11.1 Å². The van der Waals surface area contributed by atoms with Crippen LogP contribution in [-0.2, 0) is 11.3 Å². The molecule has 3 aromatic rings. The van der Waals surface area contributed by atoms with E-state index < -0.39 is 6.61 Å². The normalized spacial score (nSPS) is 11.1. The van der Waals surface area contributed by atoms with E-state index in [1.54, 1.807) is 24.1 Å². The van der Waals surface area contributed by atoms with Crippen LogP contribution >= 0.6 is 11.8 Å². The molecule has 142 valence electrons. The molecule has 2 aromatic carbocycles. The monoisotopic (exact) mass is 391 g/mol. The molecule has 8 heteroatoms. The molecular formula is C19H19F2N3O2S. The number of thioether (sulfide) groups is 1. The average Bonchev–Trinajstić information content (AvgIpc) is 3.02. The molecular weight excluding hydrogens is 372 g/mol. The van der Waals surface area contributed by atoms with Gasteiger partial charge in [-0.2, -0.15) is 8.78 Å². The van der Waals surface area contributed by atoms with Crippen LogP contribution in [0.5, 0.6) is 5.75 Å². The third kappa shape index (κ3) is 5.19. The number of nitrogens with zero attached hydrogens (tertiary/aromatic N) is 2. The molecule has 1 amide bonds. The summed E-state index contributed by atoms with van der Waals surface area (Å²) in [5, 5.41) is 0.700. The molecule has 0 aliphatic rings. The fourth-order valence-corrected chi connectivity index (χ4v) is 3.37. The average molecular weight is 391 g/mol. The van der Waals surface area contributed by atoms with Crippen molar-refractivity contribution in [3.8, 4) is 5.75 Å². The van der Waals surface area contributed by atoms with Crippen LogP contribution in [0.2, 0.25) is 0 Å². The number of carbonyl (C=O) groups excluding carboxylic acids is 1. The van der Waals surface area contributed by atoms with E-state index in [4.69, 9.17) is 0 Å². The maximum absolute atomic E-state index is 12.3. The van der Waals surface area contributed by atoms with Gasteiger partial charge in [0.2, 0.25) is 5.91 Å². The molecule has 5 nitrogen and oxygen atoms in total. The number of amides is 1. The van der Waals surface area contributed by atoms with Crippen LogP contribution in [0.4, 0.5) is 8.78 Å². The highest BCUT2D eigenvalue weighted by molar-refractivity contribution is 7.99. The zero-order chi connectivity index (χ0) is 19.4. The van der Waals surface area contributed by atoms with E-state index in [1.807, 2.05) is 25.1 Å². The minimum Gasteiger partial charge on any atom is -0.435 e. The molecule has 0 radical (unpaired) electrons. The van der Waals surface area contributed by atoms with Crippen molar-refractivity contribution < 1.29 is 18.3 Å². The summed E-state index contributed by atoms with van der Waals surface area (Å²) < 4.78 is 28.6. The largest absolute Gasteiger partial charge is 0.435 e. The number of halogens is 2. The number of aryl methyl sites for hydroxylation is 1. The van der Waals surface area contributed by atoms with Crippen molar-refractivity contribution in [2.45, 2.75) is 25.2 Å². The molecule has 0 aliphatic carbocycles. The Kier molecular flexibility index (Phi) is 5.95. The highest BCUT2D eigenvalue weighted by Gasteiger charge is 2.12. The Hall–Kier alpha value is -2.61. The Labute approximate surface area is 159 Å². The molecule has 27 heavy (non-hydrogen) atoms. The van der Waals surface area contributed by atoms with Crippen molar-refractivity contribution in [3.63, 3.8) is 0 Å². The molecule has 1 heterocycles. The first-order chi connectivity index (χ1) is 12.9. The molecule has 0 saturated heterocycles.